The molecule has 0 aliphatic carbocycles. The Hall–Kier alpha value is -2.43. The zero-order chi connectivity index (χ0) is 15.1. The van der Waals surface area contributed by atoms with E-state index in [1.807, 2.05) is 44.2 Å². The van der Waals surface area contributed by atoms with Crippen LogP contribution in [0.25, 0.3) is 11.4 Å². The first kappa shape index (κ1) is 15.6. The van der Waals surface area contributed by atoms with E-state index in [0.29, 0.717) is 11.6 Å². The van der Waals surface area contributed by atoms with Crippen LogP contribution in [-0.2, 0) is 0 Å². The Morgan fingerprint density at radius 1 is 1.15 bits per heavy atom. The van der Waals surface area contributed by atoms with Crippen molar-refractivity contribution in [2.75, 3.05) is 19.0 Å². The molecular weight excluding hydrogens is 254 g/mol. The molecule has 0 aliphatic rings. The van der Waals surface area contributed by atoms with Crippen molar-refractivity contribution in [2.45, 2.75) is 13.8 Å². The molecule has 0 unspecified atom stereocenters. The molecule has 0 radical (unpaired) electrons. The van der Waals surface area contributed by atoms with Gasteiger partial charge >= 0.3 is 5.97 Å². The second-order valence-corrected chi connectivity index (χ2v) is 4.00. The first-order valence-corrected chi connectivity index (χ1v) is 6.42. The van der Waals surface area contributed by atoms with Crippen LogP contribution in [0.5, 0.6) is 0 Å². The minimum Gasteiger partial charge on any atom is -0.477 e. The number of aromatic carboxylic acids is 1. The zero-order valence-electron chi connectivity index (χ0n) is 12.2. The van der Waals surface area contributed by atoms with E-state index in [9.17, 15) is 4.79 Å². The monoisotopic (exact) mass is 273 g/mol. The fourth-order valence-electron chi connectivity index (χ4n) is 1.59. The van der Waals surface area contributed by atoms with Crippen LogP contribution in [0.1, 0.15) is 24.2 Å². The normalized spacial score (nSPS) is 9.40. The topological polar surface area (TPSA) is 66.3 Å². The Labute approximate surface area is 118 Å². The highest BCUT2D eigenvalue weighted by atomic mass is 16.4. The maximum atomic E-state index is 11.1. The average Bonchev–Trinajstić information content (AvgIpc) is 2.49. The summed E-state index contributed by atoms with van der Waals surface area (Å²) in [5.74, 6) is -0.112. The summed E-state index contributed by atoms with van der Waals surface area (Å²) in [6.45, 7) is 4.00. The van der Waals surface area contributed by atoms with E-state index in [1.54, 1.807) is 19.0 Å². The summed E-state index contributed by atoms with van der Waals surface area (Å²) in [6.07, 6.45) is 1.34. The molecule has 5 nitrogen and oxygen atoms in total. The van der Waals surface area contributed by atoms with Gasteiger partial charge < -0.3 is 10.0 Å². The third-order valence-corrected chi connectivity index (χ3v) is 2.45. The number of anilines is 1. The summed E-state index contributed by atoms with van der Waals surface area (Å²) in [6, 6.07) is 9.45. The van der Waals surface area contributed by atoms with Gasteiger partial charge in [-0.1, -0.05) is 44.2 Å². The van der Waals surface area contributed by atoms with Gasteiger partial charge in [0.25, 0.3) is 0 Å². The van der Waals surface area contributed by atoms with Gasteiger partial charge in [-0.05, 0) is 0 Å². The van der Waals surface area contributed by atoms with Crippen LogP contribution in [0.3, 0.4) is 0 Å². The largest absolute Gasteiger partial charge is 0.477 e. The Morgan fingerprint density at radius 2 is 1.75 bits per heavy atom. The predicted octanol–water partition coefficient (Wildman–Crippen LogP) is 2.93. The lowest BCUT2D eigenvalue weighted by molar-refractivity contribution is 0.0697. The molecule has 20 heavy (non-hydrogen) atoms. The van der Waals surface area contributed by atoms with Gasteiger partial charge in [-0.15, -0.1) is 0 Å². The second kappa shape index (κ2) is 7.23. The minimum absolute atomic E-state index is 0.0969. The molecule has 1 aromatic heterocycles. The fourth-order valence-corrected chi connectivity index (χ4v) is 1.59. The SMILES string of the molecule is CC.CN(C)c1nc(-c2ccccc2)ncc1C(=O)O. The van der Waals surface area contributed by atoms with Gasteiger partial charge in [0.15, 0.2) is 5.82 Å². The van der Waals surface area contributed by atoms with Crippen LogP contribution < -0.4 is 4.90 Å². The van der Waals surface area contributed by atoms with E-state index >= 15 is 0 Å². The lowest BCUT2D eigenvalue weighted by Gasteiger charge is -2.14. The molecular formula is C15H19N3O2. The number of carbonyl (C=O) groups is 1. The van der Waals surface area contributed by atoms with Crippen molar-refractivity contribution >= 4 is 11.8 Å². The van der Waals surface area contributed by atoms with Gasteiger partial charge in [0.05, 0.1) is 0 Å². The number of carboxylic acids is 1. The zero-order valence-corrected chi connectivity index (χ0v) is 12.2. The molecule has 5 heteroatoms. The lowest BCUT2D eigenvalue weighted by Crippen LogP contribution is -2.16. The molecule has 0 bridgehead atoms. The van der Waals surface area contributed by atoms with Crippen LogP contribution in [0, 0.1) is 0 Å². The molecule has 2 rings (SSSR count). The third-order valence-electron chi connectivity index (χ3n) is 2.45. The van der Waals surface area contributed by atoms with Gasteiger partial charge in [0, 0.05) is 25.9 Å². The van der Waals surface area contributed by atoms with Crippen LogP contribution in [0.2, 0.25) is 0 Å². The van der Waals surface area contributed by atoms with E-state index in [4.69, 9.17) is 5.11 Å². The average molecular weight is 273 g/mol. The van der Waals surface area contributed by atoms with Crippen molar-refractivity contribution in [3.63, 3.8) is 0 Å². The molecule has 0 amide bonds. The fraction of sp³-hybridized carbons (Fsp3) is 0.267. The standard InChI is InChI=1S/C13H13N3O2.C2H6/c1-16(2)12-10(13(17)18)8-14-11(15-12)9-6-4-3-5-7-9;1-2/h3-8H,1-2H3,(H,17,18);1-2H3. The summed E-state index contributed by atoms with van der Waals surface area (Å²) in [7, 11) is 3.51. The summed E-state index contributed by atoms with van der Waals surface area (Å²) in [5, 5.41) is 9.07. The van der Waals surface area contributed by atoms with Crippen LogP contribution in [0.4, 0.5) is 5.82 Å². The molecule has 0 aliphatic heterocycles. The van der Waals surface area contributed by atoms with E-state index in [2.05, 4.69) is 9.97 Å². The molecule has 0 saturated carbocycles. The number of carboxylic acid groups (broad SMARTS) is 1. The van der Waals surface area contributed by atoms with Crippen molar-refractivity contribution < 1.29 is 9.90 Å². The molecule has 0 fully saturated rings. The molecule has 0 atom stereocenters. The molecule has 1 aromatic carbocycles. The van der Waals surface area contributed by atoms with Gasteiger partial charge in [-0.25, -0.2) is 14.8 Å². The smallest absolute Gasteiger partial charge is 0.341 e. The highest BCUT2D eigenvalue weighted by molar-refractivity contribution is 5.93. The van der Waals surface area contributed by atoms with Crippen molar-refractivity contribution in [3.8, 4) is 11.4 Å². The number of hydrogen-bond donors (Lipinski definition) is 1. The second-order valence-electron chi connectivity index (χ2n) is 4.00. The Morgan fingerprint density at radius 3 is 2.25 bits per heavy atom. The third kappa shape index (κ3) is 3.54. The maximum absolute atomic E-state index is 11.1. The van der Waals surface area contributed by atoms with E-state index < -0.39 is 5.97 Å². The number of benzene rings is 1. The lowest BCUT2D eigenvalue weighted by atomic mass is 10.2. The minimum atomic E-state index is -1.03. The Kier molecular flexibility index (Phi) is 5.65. The highest BCUT2D eigenvalue weighted by Gasteiger charge is 2.15. The van der Waals surface area contributed by atoms with Crippen LogP contribution in [-0.4, -0.2) is 35.1 Å². The quantitative estimate of drug-likeness (QED) is 0.931. The Bertz CT molecular complexity index is 569. The molecule has 0 spiro atoms. The van der Waals surface area contributed by atoms with Crippen molar-refractivity contribution in [3.05, 3.63) is 42.1 Å². The van der Waals surface area contributed by atoms with Gasteiger partial charge in [0.1, 0.15) is 11.4 Å². The van der Waals surface area contributed by atoms with Crippen molar-refractivity contribution in [1.29, 1.82) is 0 Å². The number of rotatable bonds is 3. The molecule has 0 saturated heterocycles. The number of aromatic nitrogens is 2. The van der Waals surface area contributed by atoms with E-state index in [0.717, 1.165) is 5.56 Å². The molecule has 1 heterocycles. The van der Waals surface area contributed by atoms with Gasteiger partial charge in [-0.2, -0.15) is 0 Å². The summed E-state index contributed by atoms with van der Waals surface area (Å²) in [4.78, 5) is 21.1. The maximum Gasteiger partial charge on any atom is 0.341 e. The van der Waals surface area contributed by atoms with E-state index in [1.165, 1.54) is 6.20 Å². The first-order valence-electron chi connectivity index (χ1n) is 6.42. The number of hydrogen-bond acceptors (Lipinski definition) is 4. The number of nitrogens with zero attached hydrogens (tertiary/aromatic N) is 3. The van der Waals surface area contributed by atoms with Gasteiger partial charge in [0.2, 0.25) is 0 Å². The molecule has 2 aromatic rings. The van der Waals surface area contributed by atoms with Crippen LogP contribution >= 0.6 is 0 Å². The van der Waals surface area contributed by atoms with Crippen molar-refractivity contribution in [1.82, 2.24) is 9.97 Å². The predicted molar refractivity (Wildman–Crippen MR) is 80.1 cm³/mol. The summed E-state index contributed by atoms with van der Waals surface area (Å²) in [5.41, 5.74) is 0.956. The highest BCUT2D eigenvalue weighted by Crippen LogP contribution is 2.20. The summed E-state index contributed by atoms with van der Waals surface area (Å²) < 4.78 is 0. The molecule has 106 valence electrons. The Balaban J connectivity index is 0.000000956. The van der Waals surface area contributed by atoms with Crippen molar-refractivity contribution in [2.24, 2.45) is 0 Å². The van der Waals surface area contributed by atoms with E-state index in [-0.39, 0.29) is 5.56 Å². The van der Waals surface area contributed by atoms with Crippen LogP contribution in [0.15, 0.2) is 36.5 Å². The first-order chi connectivity index (χ1) is 9.59. The van der Waals surface area contributed by atoms with Gasteiger partial charge in [-0.3, -0.25) is 0 Å². The summed E-state index contributed by atoms with van der Waals surface area (Å²) >= 11 is 0. The molecule has 1 N–H and O–H groups in total.